The van der Waals surface area contributed by atoms with Crippen LogP contribution in [0.25, 0.3) is 0 Å². The molecule has 1 amide bonds. The molecule has 0 saturated carbocycles. The average molecular weight is 449 g/mol. The number of nitrogens with zero attached hydrogens (tertiary/aromatic N) is 1. The topological polar surface area (TPSA) is 106 Å². The number of sulfonamides is 1. The average Bonchev–Trinajstić information content (AvgIpc) is 3.28. The molecule has 2 aromatic rings. The third-order valence-electron chi connectivity index (χ3n) is 5.11. The second-order valence-corrected chi connectivity index (χ2v) is 9.42. The first-order valence-corrected chi connectivity index (χ1v) is 11.9. The van der Waals surface area contributed by atoms with Crippen LogP contribution < -0.4 is 5.32 Å². The molecule has 1 aromatic heterocycles. The van der Waals surface area contributed by atoms with Crippen molar-refractivity contribution >= 4 is 21.9 Å². The fraction of sp³-hybridized carbons (Fsp3) is 0.455. The number of esters is 1. The van der Waals surface area contributed by atoms with Crippen LogP contribution in [0.5, 0.6) is 0 Å². The van der Waals surface area contributed by atoms with Gasteiger partial charge in [-0.05, 0) is 43.9 Å². The first kappa shape index (κ1) is 23.0. The minimum Gasteiger partial charge on any atom is -0.458 e. The fourth-order valence-corrected chi connectivity index (χ4v) is 4.74. The van der Waals surface area contributed by atoms with Crippen LogP contribution in [0.15, 0.2) is 45.9 Å². The molecular formula is C22H28N2O6S. The lowest BCUT2D eigenvalue weighted by Gasteiger charge is -2.24. The number of ether oxygens (including phenoxy) is 1. The summed E-state index contributed by atoms with van der Waals surface area (Å²) in [5.74, 6) is -1.08. The van der Waals surface area contributed by atoms with Gasteiger partial charge < -0.3 is 14.5 Å². The van der Waals surface area contributed by atoms with Gasteiger partial charge in [0.15, 0.2) is 0 Å². The molecule has 0 spiro atoms. The number of furan rings is 1. The van der Waals surface area contributed by atoms with Gasteiger partial charge in [0.25, 0.3) is 10.0 Å². The molecule has 3 rings (SSSR count). The van der Waals surface area contributed by atoms with Gasteiger partial charge in [0.1, 0.15) is 6.61 Å². The van der Waals surface area contributed by atoms with E-state index in [1.165, 1.54) is 22.0 Å². The molecule has 2 heterocycles. The smallest absolute Gasteiger partial charge is 0.374 e. The molecule has 1 aromatic carbocycles. The van der Waals surface area contributed by atoms with Crippen LogP contribution in [0.3, 0.4) is 0 Å². The van der Waals surface area contributed by atoms with Crippen molar-refractivity contribution in [3.8, 4) is 0 Å². The summed E-state index contributed by atoms with van der Waals surface area (Å²) in [6.07, 6.45) is 3.60. The van der Waals surface area contributed by atoms with E-state index in [1.807, 2.05) is 31.2 Å². The zero-order valence-electron chi connectivity index (χ0n) is 17.6. The van der Waals surface area contributed by atoms with Crippen molar-refractivity contribution < 1.29 is 27.2 Å². The van der Waals surface area contributed by atoms with Gasteiger partial charge in [0, 0.05) is 19.5 Å². The third-order valence-corrected chi connectivity index (χ3v) is 6.88. The highest BCUT2D eigenvalue weighted by molar-refractivity contribution is 7.89. The predicted octanol–water partition coefficient (Wildman–Crippen LogP) is 2.67. The summed E-state index contributed by atoms with van der Waals surface area (Å²) in [6.45, 7) is 3.04. The second-order valence-electron chi connectivity index (χ2n) is 7.55. The van der Waals surface area contributed by atoms with E-state index in [-0.39, 0.29) is 29.9 Å². The molecule has 168 valence electrons. The van der Waals surface area contributed by atoms with Crippen LogP contribution in [0.2, 0.25) is 0 Å². The molecule has 1 aliphatic rings. The Balaban J connectivity index is 1.40. The number of carbonyl (C=O) groups is 2. The highest BCUT2D eigenvalue weighted by atomic mass is 32.2. The molecule has 1 N–H and O–H groups in total. The summed E-state index contributed by atoms with van der Waals surface area (Å²) in [5.41, 5.74) is 2.25. The van der Waals surface area contributed by atoms with Crippen molar-refractivity contribution in [3.63, 3.8) is 0 Å². The van der Waals surface area contributed by atoms with Crippen LogP contribution in [-0.4, -0.2) is 50.8 Å². The number of hydrogen-bond donors (Lipinski definition) is 1. The van der Waals surface area contributed by atoms with Gasteiger partial charge in [-0.2, -0.15) is 4.31 Å². The Hall–Kier alpha value is -2.65. The fourth-order valence-electron chi connectivity index (χ4n) is 3.31. The first-order valence-electron chi connectivity index (χ1n) is 10.5. The van der Waals surface area contributed by atoms with Crippen LogP contribution in [-0.2, 0) is 26.0 Å². The summed E-state index contributed by atoms with van der Waals surface area (Å²) in [4.78, 5) is 24.0. The van der Waals surface area contributed by atoms with E-state index in [4.69, 9.17) is 9.15 Å². The highest BCUT2D eigenvalue weighted by Crippen LogP contribution is 2.22. The molecule has 0 unspecified atom stereocenters. The van der Waals surface area contributed by atoms with Gasteiger partial charge >= 0.3 is 5.97 Å². The van der Waals surface area contributed by atoms with Crippen molar-refractivity contribution in [2.45, 2.75) is 44.1 Å². The summed E-state index contributed by atoms with van der Waals surface area (Å²) in [6, 6.07) is 10.6. The van der Waals surface area contributed by atoms with E-state index in [0.717, 1.165) is 24.8 Å². The van der Waals surface area contributed by atoms with Crippen molar-refractivity contribution in [3.05, 3.63) is 53.3 Å². The van der Waals surface area contributed by atoms with Crippen LogP contribution in [0.1, 0.15) is 47.4 Å². The van der Waals surface area contributed by atoms with Crippen LogP contribution >= 0.6 is 0 Å². The van der Waals surface area contributed by atoms with E-state index in [2.05, 4.69) is 5.32 Å². The maximum Gasteiger partial charge on any atom is 0.374 e. The number of nitrogens with one attached hydrogen (secondary N) is 1. The summed E-state index contributed by atoms with van der Waals surface area (Å²) in [7, 11) is -3.74. The monoisotopic (exact) mass is 448 g/mol. The lowest BCUT2D eigenvalue weighted by atomic mass is 10.1. The van der Waals surface area contributed by atoms with Gasteiger partial charge in [-0.15, -0.1) is 0 Å². The molecule has 31 heavy (non-hydrogen) atoms. The van der Waals surface area contributed by atoms with E-state index in [9.17, 15) is 18.0 Å². The van der Waals surface area contributed by atoms with Crippen LogP contribution in [0, 0.1) is 6.92 Å². The largest absolute Gasteiger partial charge is 0.458 e. The van der Waals surface area contributed by atoms with Gasteiger partial charge in [-0.1, -0.05) is 36.2 Å². The molecule has 1 saturated heterocycles. The number of amides is 1. The molecule has 0 atom stereocenters. The SMILES string of the molecule is Cc1ccc(CCC(=O)NCCOC(=O)c2ccc(S(=O)(=O)N3CCCCC3)o2)cc1. The van der Waals surface area contributed by atoms with Crippen LogP contribution in [0.4, 0.5) is 0 Å². The minimum absolute atomic E-state index is 0.0377. The molecule has 1 aliphatic heterocycles. The Kier molecular flexibility index (Phi) is 7.86. The number of carbonyl (C=O) groups excluding carboxylic acids is 2. The molecule has 0 aliphatic carbocycles. The number of piperidine rings is 1. The standard InChI is InChI=1S/C22H28N2O6S/c1-17-5-7-18(8-6-17)9-11-20(25)23-13-16-29-22(26)19-10-12-21(30-19)31(27,28)24-14-3-2-4-15-24/h5-8,10,12H,2-4,9,11,13-16H2,1H3,(H,23,25). The molecule has 8 nitrogen and oxygen atoms in total. The lowest BCUT2D eigenvalue weighted by molar-refractivity contribution is -0.121. The van der Waals surface area contributed by atoms with Gasteiger partial charge in [0.2, 0.25) is 16.8 Å². The second kappa shape index (κ2) is 10.6. The molecule has 9 heteroatoms. The van der Waals surface area contributed by atoms with Gasteiger partial charge in [-0.25, -0.2) is 13.2 Å². The number of rotatable bonds is 9. The lowest BCUT2D eigenvalue weighted by Crippen LogP contribution is -2.35. The highest BCUT2D eigenvalue weighted by Gasteiger charge is 2.29. The Morgan fingerprint density at radius 1 is 1.06 bits per heavy atom. The summed E-state index contributed by atoms with van der Waals surface area (Å²) < 4.78 is 36.8. The molecule has 1 fully saturated rings. The predicted molar refractivity (Wildman–Crippen MR) is 114 cm³/mol. The van der Waals surface area contributed by atoms with Gasteiger partial charge in [-0.3, -0.25) is 4.79 Å². The number of benzene rings is 1. The number of hydrogen-bond acceptors (Lipinski definition) is 6. The Morgan fingerprint density at radius 2 is 1.77 bits per heavy atom. The first-order chi connectivity index (χ1) is 14.9. The Morgan fingerprint density at radius 3 is 2.48 bits per heavy atom. The molecule has 0 radical (unpaired) electrons. The number of aryl methyl sites for hydroxylation is 2. The minimum atomic E-state index is -3.74. The zero-order valence-corrected chi connectivity index (χ0v) is 18.4. The molecular weight excluding hydrogens is 420 g/mol. The van der Waals surface area contributed by atoms with Crippen molar-refractivity contribution in [1.29, 1.82) is 0 Å². The Labute approximate surface area is 182 Å². The van der Waals surface area contributed by atoms with E-state index in [1.54, 1.807) is 0 Å². The quantitative estimate of drug-likeness (QED) is 0.467. The molecule has 0 bridgehead atoms. The normalized spacial score (nSPS) is 14.9. The van der Waals surface area contributed by atoms with E-state index in [0.29, 0.717) is 25.9 Å². The Bertz CT molecular complexity index is 991. The summed E-state index contributed by atoms with van der Waals surface area (Å²) in [5, 5.41) is 2.44. The third kappa shape index (κ3) is 6.41. The van der Waals surface area contributed by atoms with Crippen molar-refractivity contribution in [2.24, 2.45) is 0 Å². The van der Waals surface area contributed by atoms with Gasteiger partial charge in [0.05, 0.1) is 6.54 Å². The van der Waals surface area contributed by atoms with E-state index < -0.39 is 16.0 Å². The maximum atomic E-state index is 12.6. The van der Waals surface area contributed by atoms with Crippen molar-refractivity contribution in [2.75, 3.05) is 26.2 Å². The van der Waals surface area contributed by atoms with Crippen molar-refractivity contribution in [1.82, 2.24) is 9.62 Å². The van der Waals surface area contributed by atoms with E-state index >= 15 is 0 Å². The maximum absolute atomic E-state index is 12.6. The zero-order chi connectivity index (χ0) is 22.3. The summed E-state index contributed by atoms with van der Waals surface area (Å²) >= 11 is 0.